The highest BCUT2D eigenvalue weighted by Crippen LogP contribution is 2.28. The van der Waals surface area contributed by atoms with Gasteiger partial charge in [0, 0.05) is 10.7 Å². The normalized spacial score (nSPS) is 11.0. The van der Waals surface area contributed by atoms with Gasteiger partial charge in [0.1, 0.15) is 6.54 Å². The molecule has 0 saturated heterocycles. The molecule has 3 rings (SSSR count). The van der Waals surface area contributed by atoms with E-state index < -0.39 is 28.4 Å². The molecule has 33 heavy (non-hydrogen) atoms. The fourth-order valence-electron chi connectivity index (χ4n) is 3.04. The number of esters is 1. The van der Waals surface area contributed by atoms with Gasteiger partial charge in [-0.1, -0.05) is 41.9 Å². The van der Waals surface area contributed by atoms with Crippen molar-refractivity contribution in [1.82, 2.24) is 0 Å². The standard InChI is InChI=1S/C24H23ClN2O5S/c1-3-32-24(29)18-8-7-9-19(14-18)26-23(28)16-27(20-13-12-17(2)22(25)15-20)33(30,31)21-10-5-4-6-11-21/h4-15H,3,16H2,1-2H3,(H,26,28). The monoisotopic (exact) mass is 486 g/mol. The molecule has 172 valence electrons. The van der Waals surface area contributed by atoms with Gasteiger partial charge < -0.3 is 10.1 Å². The van der Waals surface area contributed by atoms with Crippen molar-refractivity contribution >= 4 is 44.9 Å². The number of nitrogens with one attached hydrogen (secondary N) is 1. The first-order valence-corrected chi connectivity index (χ1v) is 11.9. The van der Waals surface area contributed by atoms with E-state index in [4.69, 9.17) is 16.3 Å². The molecular formula is C24H23ClN2O5S. The number of ether oxygens (including phenoxy) is 1. The number of rotatable bonds is 8. The molecule has 0 unspecified atom stereocenters. The Hall–Kier alpha value is -3.36. The van der Waals surface area contributed by atoms with Gasteiger partial charge in [-0.05, 0) is 61.9 Å². The number of hydrogen-bond acceptors (Lipinski definition) is 5. The van der Waals surface area contributed by atoms with E-state index >= 15 is 0 Å². The molecule has 0 spiro atoms. The van der Waals surface area contributed by atoms with Crippen LogP contribution in [0.5, 0.6) is 0 Å². The van der Waals surface area contributed by atoms with Crippen LogP contribution in [0.2, 0.25) is 5.02 Å². The van der Waals surface area contributed by atoms with Gasteiger partial charge in [0.25, 0.3) is 10.0 Å². The molecule has 1 amide bonds. The number of amides is 1. The second kappa shape index (κ2) is 10.5. The summed E-state index contributed by atoms with van der Waals surface area (Å²) in [7, 11) is -4.06. The van der Waals surface area contributed by atoms with Crippen molar-refractivity contribution in [2.24, 2.45) is 0 Å². The maximum atomic E-state index is 13.4. The van der Waals surface area contributed by atoms with Crippen LogP contribution in [0.25, 0.3) is 0 Å². The van der Waals surface area contributed by atoms with Crippen LogP contribution in [0.15, 0.2) is 77.7 Å². The molecule has 0 atom stereocenters. The van der Waals surface area contributed by atoms with Crippen molar-refractivity contribution in [2.45, 2.75) is 18.7 Å². The summed E-state index contributed by atoms with van der Waals surface area (Å²) in [5.74, 6) is -1.11. The minimum Gasteiger partial charge on any atom is -0.462 e. The first kappa shape index (κ1) is 24.3. The Balaban J connectivity index is 1.91. The summed E-state index contributed by atoms with van der Waals surface area (Å²) in [5.41, 5.74) is 1.64. The lowest BCUT2D eigenvalue weighted by Gasteiger charge is -2.24. The molecule has 0 fully saturated rings. The van der Waals surface area contributed by atoms with E-state index in [9.17, 15) is 18.0 Å². The molecule has 1 N–H and O–H groups in total. The van der Waals surface area contributed by atoms with E-state index in [0.29, 0.717) is 10.7 Å². The molecule has 0 aromatic heterocycles. The van der Waals surface area contributed by atoms with Crippen molar-refractivity contribution in [2.75, 3.05) is 22.8 Å². The molecule has 0 heterocycles. The van der Waals surface area contributed by atoms with Gasteiger partial charge in [0.2, 0.25) is 5.91 Å². The fourth-order valence-corrected chi connectivity index (χ4v) is 4.65. The van der Waals surface area contributed by atoms with Crippen LogP contribution in [0.4, 0.5) is 11.4 Å². The van der Waals surface area contributed by atoms with Gasteiger partial charge in [-0.2, -0.15) is 0 Å². The van der Waals surface area contributed by atoms with Crippen LogP contribution in [0.1, 0.15) is 22.8 Å². The number of aryl methyl sites for hydroxylation is 1. The topological polar surface area (TPSA) is 92.8 Å². The van der Waals surface area contributed by atoms with E-state index in [2.05, 4.69) is 5.32 Å². The molecule has 0 saturated carbocycles. The number of carbonyl (C=O) groups excluding carboxylic acids is 2. The van der Waals surface area contributed by atoms with Crippen LogP contribution >= 0.6 is 11.6 Å². The van der Waals surface area contributed by atoms with Gasteiger partial charge in [0.05, 0.1) is 22.8 Å². The van der Waals surface area contributed by atoms with E-state index in [1.165, 1.54) is 24.3 Å². The average Bonchev–Trinajstić information content (AvgIpc) is 2.80. The third-order valence-electron chi connectivity index (χ3n) is 4.72. The second-order valence-corrected chi connectivity index (χ2v) is 9.38. The highest BCUT2D eigenvalue weighted by atomic mass is 35.5. The predicted molar refractivity (Wildman–Crippen MR) is 128 cm³/mol. The minimum absolute atomic E-state index is 0.0406. The lowest BCUT2D eigenvalue weighted by Crippen LogP contribution is -2.38. The van der Waals surface area contributed by atoms with Gasteiger partial charge in [-0.3, -0.25) is 9.10 Å². The SMILES string of the molecule is CCOC(=O)c1cccc(NC(=O)CN(c2ccc(C)c(Cl)c2)S(=O)(=O)c2ccccc2)c1. The summed E-state index contributed by atoms with van der Waals surface area (Å²) in [6.45, 7) is 3.22. The summed E-state index contributed by atoms with van der Waals surface area (Å²) in [6, 6.07) is 18.8. The van der Waals surface area contributed by atoms with E-state index in [1.807, 2.05) is 0 Å². The summed E-state index contributed by atoms with van der Waals surface area (Å²) in [4.78, 5) is 24.9. The Morgan fingerprint density at radius 3 is 2.39 bits per heavy atom. The molecule has 3 aromatic rings. The summed E-state index contributed by atoms with van der Waals surface area (Å²) in [6.07, 6.45) is 0. The van der Waals surface area contributed by atoms with Crippen LogP contribution < -0.4 is 9.62 Å². The number of anilines is 2. The Morgan fingerprint density at radius 2 is 1.73 bits per heavy atom. The van der Waals surface area contributed by atoms with Crippen molar-refractivity contribution in [1.29, 1.82) is 0 Å². The first-order chi connectivity index (χ1) is 15.7. The molecule has 0 aliphatic carbocycles. The van der Waals surface area contributed by atoms with Gasteiger partial charge >= 0.3 is 5.97 Å². The lowest BCUT2D eigenvalue weighted by atomic mass is 10.2. The maximum absolute atomic E-state index is 13.4. The highest BCUT2D eigenvalue weighted by Gasteiger charge is 2.27. The third kappa shape index (κ3) is 5.91. The Labute approximate surface area is 198 Å². The zero-order valence-corrected chi connectivity index (χ0v) is 19.7. The van der Waals surface area contributed by atoms with Crippen LogP contribution in [0, 0.1) is 6.92 Å². The Morgan fingerprint density at radius 1 is 1.00 bits per heavy atom. The number of hydrogen-bond donors (Lipinski definition) is 1. The molecule has 7 nitrogen and oxygen atoms in total. The second-order valence-electron chi connectivity index (χ2n) is 7.11. The fraction of sp³-hybridized carbons (Fsp3) is 0.167. The van der Waals surface area contributed by atoms with Crippen LogP contribution in [-0.4, -0.2) is 33.4 Å². The average molecular weight is 487 g/mol. The summed E-state index contributed by atoms with van der Waals surface area (Å²) >= 11 is 6.23. The zero-order chi connectivity index (χ0) is 24.0. The predicted octanol–water partition coefficient (Wildman–Crippen LogP) is 4.66. The largest absolute Gasteiger partial charge is 0.462 e. The zero-order valence-electron chi connectivity index (χ0n) is 18.1. The molecule has 0 bridgehead atoms. The molecule has 9 heteroatoms. The number of halogens is 1. The molecule has 3 aromatic carbocycles. The smallest absolute Gasteiger partial charge is 0.338 e. The van der Waals surface area contributed by atoms with Crippen molar-refractivity contribution < 1.29 is 22.7 Å². The van der Waals surface area contributed by atoms with Gasteiger partial charge in [-0.15, -0.1) is 0 Å². The van der Waals surface area contributed by atoms with Crippen LogP contribution in [-0.2, 0) is 19.6 Å². The molecule has 0 aliphatic heterocycles. The number of benzene rings is 3. The third-order valence-corrected chi connectivity index (χ3v) is 6.91. The van der Waals surface area contributed by atoms with E-state index in [-0.39, 0.29) is 22.8 Å². The highest BCUT2D eigenvalue weighted by molar-refractivity contribution is 7.92. The van der Waals surface area contributed by atoms with E-state index in [0.717, 1.165) is 9.87 Å². The summed E-state index contributed by atoms with van der Waals surface area (Å²) < 4.78 is 32.7. The van der Waals surface area contributed by atoms with Gasteiger partial charge in [-0.25, -0.2) is 13.2 Å². The number of carbonyl (C=O) groups is 2. The molecule has 0 aliphatic rings. The Kier molecular flexibility index (Phi) is 7.73. The Bertz CT molecular complexity index is 1260. The quantitative estimate of drug-likeness (QED) is 0.467. The van der Waals surface area contributed by atoms with Crippen molar-refractivity contribution in [3.8, 4) is 0 Å². The molecular weight excluding hydrogens is 464 g/mol. The molecule has 0 radical (unpaired) electrons. The van der Waals surface area contributed by atoms with E-state index in [1.54, 1.807) is 62.4 Å². The van der Waals surface area contributed by atoms with Crippen molar-refractivity contribution in [3.05, 3.63) is 88.9 Å². The van der Waals surface area contributed by atoms with Crippen LogP contribution in [0.3, 0.4) is 0 Å². The minimum atomic E-state index is -4.06. The summed E-state index contributed by atoms with van der Waals surface area (Å²) in [5, 5.41) is 3.02. The maximum Gasteiger partial charge on any atom is 0.338 e. The number of nitrogens with zero attached hydrogens (tertiary/aromatic N) is 1. The van der Waals surface area contributed by atoms with Gasteiger partial charge in [0.15, 0.2) is 0 Å². The number of sulfonamides is 1. The first-order valence-electron chi connectivity index (χ1n) is 10.1. The lowest BCUT2D eigenvalue weighted by molar-refractivity contribution is -0.114. The van der Waals surface area contributed by atoms with Crippen molar-refractivity contribution in [3.63, 3.8) is 0 Å².